The lowest BCUT2D eigenvalue weighted by atomic mass is 10.3. The van der Waals surface area contributed by atoms with Gasteiger partial charge in [-0.05, 0) is 0 Å². The first-order valence-corrected chi connectivity index (χ1v) is 4.36. The van der Waals surface area contributed by atoms with Crippen LogP contribution in [-0.4, -0.2) is 29.1 Å². The van der Waals surface area contributed by atoms with Gasteiger partial charge in [0.05, 0.1) is 0 Å². The molecule has 5 heteroatoms. The molecule has 1 saturated heterocycles. The molecule has 1 unspecified atom stereocenters. The molecule has 0 amide bonds. The highest BCUT2D eigenvalue weighted by atomic mass is 15.6. The number of fused-ring (bicyclic) bond motifs is 2. The van der Waals surface area contributed by atoms with Gasteiger partial charge in [-0.1, -0.05) is 0 Å². The van der Waals surface area contributed by atoms with Crippen molar-refractivity contribution >= 4 is 18.0 Å². The fraction of sp³-hybridized carbons (Fsp3) is 0.375. The predicted octanol–water partition coefficient (Wildman–Crippen LogP) is 0.165. The Morgan fingerprint density at radius 2 is 2.38 bits per heavy atom. The van der Waals surface area contributed by atoms with Gasteiger partial charge >= 0.3 is 0 Å². The summed E-state index contributed by atoms with van der Waals surface area (Å²) in [5.74, 6) is 7.85. The highest BCUT2D eigenvalue weighted by molar-refractivity contribution is 6.12. The van der Waals surface area contributed by atoms with E-state index in [-0.39, 0.29) is 0 Å². The van der Waals surface area contributed by atoms with E-state index in [1.807, 2.05) is 6.20 Å². The maximum Gasteiger partial charge on any atom is 0.229 e. The molecule has 1 fully saturated rings. The van der Waals surface area contributed by atoms with Crippen molar-refractivity contribution in [2.75, 3.05) is 6.54 Å². The van der Waals surface area contributed by atoms with Crippen molar-refractivity contribution in [2.45, 2.75) is 12.8 Å². The minimum atomic E-state index is 0.339. The zero-order valence-corrected chi connectivity index (χ0v) is 7.14. The Balaban J connectivity index is 2.15. The first-order chi connectivity index (χ1) is 6.28. The SMILES string of the molecule is N[N+]12C=C3N=CN=C3N=C1CCC2. The third kappa shape index (κ3) is 0.853. The number of amidine groups is 2. The van der Waals surface area contributed by atoms with E-state index in [0.717, 1.165) is 36.8 Å². The molecule has 0 aliphatic carbocycles. The van der Waals surface area contributed by atoms with Crippen LogP contribution in [-0.2, 0) is 0 Å². The molecule has 1 atom stereocenters. The van der Waals surface area contributed by atoms with Crippen LogP contribution in [0.25, 0.3) is 0 Å². The minimum Gasteiger partial charge on any atom is -0.227 e. The lowest BCUT2D eigenvalue weighted by Crippen LogP contribution is -2.52. The minimum absolute atomic E-state index is 0.339. The van der Waals surface area contributed by atoms with Crippen LogP contribution in [0.1, 0.15) is 12.8 Å². The van der Waals surface area contributed by atoms with Gasteiger partial charge in [0.25, 0.3) is 0 Å². The first kappa shape index (κ1) is 7.11. The van der Waals surface area contributed by atoms with Crippen molar-refractivity contribution in [1.29, 1.82) is 0 Å². The second-order valence-electron chi connectivity index (χ2n) is 3.50. The van der Waals surface area contributed by atoms with Crippen molar-refractivity contribution in [1.82, 2.24) is 0 Å². The predicted molar refractivity (Wildman–Crippen MR) is 50.0 cm³/mol. The standard InChI is InChI=1S/C8H10N5/c9-13-3-1-2-7(13)12-8-6(4-13)10-5-11-8/h4-5H,1-3,9H2/q+1. The van der Waals surface area contributed by atoms with E-state index in [2.05, 4.69) is 15.0 Å². The van der Waals surface area contributed by atoms with E-state index in [1.165, 1.54) is 6.34 Å². The van der Waals surface area contributed by atoms with Gasteiger partial charge in [0, 0.05) is 12.8 Å². The molecule has 0 radical (unpaired) electrons. The van der Waals surface area contributed by atoms with Crippen molar-refractivity contribution < 1.29 is 4.59 Å². The summed E-state index contributed by atoms with van der Waals surface area (Å²) in [5, 5.41) is 0. The molecule has 0 bridgehead atoms. The fourth-order valence-corrected chi connectivity index (χ4v) is 1.91. The van der Waals surface area contributed by atoms with Gasteiger partial charge in [-0.25, -0.2) is 9.98 Å². The normalized spacial score (nSPS) is 35.0. The van der Waals surface area contributed by atoms with E-state index < -0.39 is 0 Å². The first-order valence-electron chi connectivity index (χ1n) is 4.36. The summed E-state index contributed by atoms with van der Waals surface area (Å²) in [5.41, 5.74) is 0.813. The van der Waals surface area contributed by atoms with Crippen molar-refractivity contribution in [3.05, 3.63) is 11.9 Å². The molecule has 3 aliphatic heterocycles. The summed E-state index contributed by atoms with van der Waals surface area (Å²) in [6.45, 7) is 0.922. The summed E-state index contributed by atoms with van der Waals surface area (Å²) in [6.07, 6.45) is 5.53. The molecule has 0 saturated carbocycles. The Morgan fingerprint density at radius 1 is 1.46 bits per heavy atom. The molecular weight excluding hydrogens is 166 g/mol. The molecule has 0 aromatic heterocycles. The van der Waals surface area contributed by atoms with Crippen LogP contribution in [0.15, 0.2) is 26.9 Å². The number of quaternary nitrogens is 1. The average molecular weight is 176 g/mol. The molecule has 0 aromatic carbocycles. The zero-order valence-electron chi connectivity index (χ0n) is 7.14. The number of hydrogen-bond acceptors (Lipinski definition) is 4. The summed E-state index contributed by atoms with van der Waals surface area (Å²) in [4.78, 5) is 12.5. The highest BCUT2D eigenvalue weighted by Gasteiger charge is 2.40. The monoisotopic (exact) mass is 176 g/mol. The Kier molecular flexibility index (Phi) is 1.16. The number of aliphatic imine (C=N–C) groups is 3. The van der Waals surface area contributed by atoms with Crippen LogP contribution in [0.5, 0.6) is 0 Å². The summed E-state index contributed by atoms with van der Waals surface area (Å²) >= 11 is 0. The third-order valence-electron chi connectivity index (χ3n) is 2.60. The summed E-state index contributed by atoms with van der Waals surface area (Å²) < 4.78 is 0.339. The van der Waals surface area contributed by atoms with Crippen molar-refractivity contribution in [3.8, 4) is 0 Å². The zero-order chi connectivity index (χ0) is 8.89. The molecule has 0 spiro atoms. The van der Waals surface area contributed by atoms with E-state index in [4.69, 9.17) is 5.84 Å². The van der Waals surface area contributed by atoms with Gasteiger partial charge in [-0.2, -0.15) is 15.4 Å². The molecule has 5 nitrogen and oxygen atoms in total. The smallest absolute Gasteiger partial charge is 0.227 e. The third-order valence-corrected chi connectivity index (χ3v) is 2.60. The molecule has 0 aromatic rings. The Labute approximate surface area is 75.6 Å². The average Bonchev–Trinajstić information content (AvgIpc) is 2.63. The van der Waals surface area contributed by atoms with Crippen LogP contribution in [0.2, 0.25) is 0 Å². The number of nitrogens with zero attached hydrogens (tertiary/aromatic N) is 4. The second-order valence-corrected chi connectivity index (χ2v) is 3.50. The maximum atomic E-state index is 6.12. The summed E-state index contributed by atoms with van der Waals surface area (Å²) in [7, 11) is 0. The van der Waals surface area contributed by atoms with Crippen LogP contribution >= 0.6 is 0 Å². The van der Waals surface area contributed by atoms with Crippen LogP contribution in [0.4, 0.5) is 0 Å². The number of nitrogens with two attached hydrogens (primary N) is 1. The van der Waals surface area contributed by atoms with Gasteiger partial charge in [0.2, 0.25) is 5.84 Å². The maximum absolute atomic E-state index is 6.12. The van der Waals surface area contributed by atoms with E-state index in [9.17, 15) is 0 Å². The van der Waals surface area contributed by atoms with E-state index in [0.29, 0.717) is 4.59 Å². The van der Waals surface area contributed by atoms with Gasteiger partial charge in [-0.15, -0.1) is 0 Å². The Hall–Kier alpha value is -1.33. The molecule has 3 heterocycles. The molecular formula is C8H10N5+. The summed E-state index contributed by atoms with van der Waals surface area (Å²) in [6, 6.07) is 0. The lowest BCUT2D eigenvalue weighted by molar-refractivity contribution is -0.794. The van der Waals surface area contributed by atoms with Gasteiger partial charge in [0.15, 0.2) is 17.7 Å². The topological polar surface area (TPSA) is 63.1 Å². The van der Waals surface area contributed by atoms with Crippen LogP contribution in [0, 0.1) is 0 Å². The largest absolute Gasteiger partial charge is 0.229 e. The van der Waals surface area contributed by atoms with Crippen molar-refractivity contribution in [2.24, 2.45) is 20.8 Å². The van der Waals surface area contributed by atoms with Crippen LogP contribution in [0.3, 0.4) is 0 Å². The molecule has 66 valence electrons. The van der Waals surface area contributed by atoms with Crippen LogP contribution < -0.4 is 5.84 Å². The fourth-order valence-electron chi connectivity index (χ4n) is 1.91. The molecule has 3 aliphatic rings. The quantitative estimate of drug-likeness (QED) is 0.415. The Bertz CT molecular complexity index is 389. The highest BCUT2D eigenvalue weighted by Crippen LogP contribution is 2.26. The number of hydrogen-bond donors (Lipinski definition) is 1. The van der Waals surface area contributed by atoms with Gasteiger partial charge in [-0.3, -0.25) is 0 Å². The molecule has 2 N–H and O–H groups in total. The van der Waals surface area contributed by atoms with Gasteiger partial charge in [0.1, 0.15) is 12.9 Å². The van der Waals surface area contributed by atoms with E-state index >= 15 is 0 Å². The molecule has 13 heavy (non-hydrogen) atoms. The number of rotatable bonds is 0. The van der Waals surface area contributed by atoms with E-state index in [1.54, 1.807) is 0 Å². The molecule has 3 rings (SSSR count). The lowest BCUT2D eigenvalue weighted by Gasteiger charge is -2.25. The Morgan fingerprint density at radius 3 is 3.31 bits per heavy atom. The van der Waals surface area contributed by atoms with Gasteiger partial charge < -0.3 is 0 Å². The second kappa shape index (κ2) is 2.12. The van der Waals surface area contributed by atoms with Crippen molar-refractivity contribution in [3.63, 3.8) is 0 Å².